The van der Waals surface area contributed by atoms with Crippen molar-refractivity contribution in [3.63, 3.8) is 0 Å². The van der Waals surface area contributed by atoms with Crippen LogP contribution in [0, 0.1) is 10.1 Å². The summed E-state index contributed by atoms with van der Waals surface area (Å²) in [6.45, 7) is 4.63. The molecule has 140 valence electrons. The molecule has 0 aliphatic carbocycles. The molecule has 1 aromatic heterocycles. The van der Waals surface area contributed by atoms with E-state index in [4.69, 9.17) is 9.47 Å². The van der Waals surface area contributed by atoms with Crippen molar-refractivity contribution in [3.8, 4) is 5.75 Å². The van der Waals surface area contributed by atoms with Crippen LogP contribution >= 0.6 is 11.3 Å². The third-order valence-electron chi connectivity index (χ3n) is 4.47. The van der Waals surface area contributed by atoms with E-state index < -0.39 is 0 Å². The van der Waals surface area contributed by atoms with Crippen LogP contribution in [0.15, 0.2) is 35.7 Å². The number of benzene rings is 1. The minimum absolute atomic E-state index is 0.182. The maximum Gasteiger partial charge on any atom is 0.324 e. The molecule has 0 radical (unpaired) electrons. The normalized spacial score (nSPS) is 16.3. The largest absolute Gasteiger partial charge is 0.497 e. The van der Waals surface area contributed by atoms with Gasteiger partial charge < -0.3 is 14.8 Å². The van der Waals surface area contributed by atoms with Crippen LogP contribution in [0.2, 0.25) is 0 Å². The van der Waals surface area contributed by atoms with Gasteiger partial charge in [0.25, 0.3) is 0 Å². The second-order valence-corrected chi connectivity index (χ2v) is 7.01. The van der Waals surface area contributed by atoms with Crippen LogP contribution in [0.1, 0.15) is 17.2 Å². The first-order chi connectivity index (χ1) is 12.7. The molecule has 26 heavy (non-hydrogen) atoms. The fourth-order valence-electron chi connectivity index (χ4n) is 3.08. The summed E-state index contributed by atoms with van der Waals surface area (Å²) in [6.07, 6.45) is 0. The van der Waals surface area contributed by atoms with E-state index in [2.05, 4.69) is 22.3 Å². The third-order valence-corrected chi connectivity index (χ3v) is 5.40. The third kappa shape index (κ3) is 4.79. The van der Waals surface area contributed by atoms with Gasteiger partial charge in [0, 0.05) is 43.7 Å². The molecule has 3 rings (SSSR count). The van der Waals surface area contributed by atoms with Gasteiger partial charge in [0.1, 0.15) is 5.75 Å². The molecule has 1 N–H and O–H groups in total. The van der Waals surface area contributed by atoms with Crippen LogP contribution in [0.4, 0.5) is 5.00 Å². The fourth-order valence-corrected chi connectivity index (χ4v) is 3.81. The molecule has 7 nitrogen and oxygen atoms in total. The smallest absolute Gasteiger partial charge is 0.324 e. The second kappa shape index (κ2) is 9.09. The Morgan fingerprint density at radius 1 is 1.35 bits per heavy atom. The molecule has 8 heteroatoms. The van der Waals surface area contributed by atoms with Gasteiger partial charge in [-0.1, -0.05) is 23.5 Å². The van der Waals surface area contributed by atoms with Gasteiger partial charge in [-0.15, -0.1) is 0 Å². The van der Waals surface area contributed by atoms with Crippen molar-refractivity contribution in [1.82, 2.24) is 10.2 Å². The number of hydrogen-bond acceptors (Lipinski definition) is 7. The van der Waals surface area contributed by atoms with E-state index in [1.807, 2.05) is 17.5 Å². The predicted octanol–water partition coefficient (Wildman–Crippen LogP) is 2.83. The molecule has 0 saturated carbocycles. The molecule has 1 atom stereocenters. The van der Waals surface area contributed by atoms with Gasteiger partial charge in [0.05, 0.1) is 25.2 Å². The molecule has 1 saturated heterocycles. The maximum absolute atomic E-state index is 10.8. The van der Waals surface area contributed by atoms with Crippen molar-refractivity contribution < 1.29 is 14.4 Å². The zero-order valence-corrected chi connectivity index (χ0v) is 15.5. The van der Waals surface area contributed by atoms with E-state index in [0.717, 1.165) is 44.2 Å². The van der Waals surface area contributed by atoms with Gasteiger partial charge in [-0.2, -0.15) is 0 Å². The molecule has 2 heterocycles. The van der Waals surface area contributed by atoms with Crippen molar-refractivity contribution in [2.45, 2.75) is 12.6 Å². The van der Waals surface area contributed by atoms with E-state index in [1.54, 1.807) is 13.2 Å². The average Bonchev–Trinajstić information content (AvgIpc) is 3.15. The van der Waals surface area contributed by atoms with Crippen LogP contribution < -0.4 is 10.1 Å². The van der Waals surface area contributed by atoms with Crippen LogP contribution in [0.3, 0.4) is 0 Å². The number of methoxy groups -OCH3 is 1. The van der Waals surface area contributed by atoms with E-state index in [1.165, 1.54) is 16.9 Å². The Morgan fingerprint density at radius 2 is 2.08 bits per heavy atom. The quantitative estimate of drug-likeness (QED) is 0.563. The number of rotatable bonds is 8. The maximum atomic E-state index is 10.8. The number of nitro groups is 1. The van der Waals surface area contributed by atoms with E-state index >= 15 is 0 Å². The number of nitrogens with one attached hydrogen (secondary N) is 1. The summed E-state index contributed by atoms with van der Waals surface area (Å²) in [4.78, 5) is 12.9. The number of thiophene rings is 1. The highest BCUT2D eigenvalue weighted by Crippen LogP contribution is 2.25. The molecule has 0 spiro atoms. The number of nitrogens with zero attached hydrogens (tertiary/aromatic N) is 2. The SMILES string of the molecule is COc1ccc(C(CNCc2csc([N+](=O)[O-])c2)N2CCOCC2)cc1. The second-order valence-electron chi connectivity index (χ2n) is 6.12. The molecule has 1 unspecified atom stereocenters. The van der Waals surface area contributed by atoms with Gasteiger partial charge in [-0.05, 0) is 23.3 Å². The summed E-state index contributed by atoms with van der Waals surface area (Å²) in [5.41, 5.74) is 2.16. The Kier molecular flexibility index (Phi) is 6.56. The van der Waals surface area contributed by atoms with Crippen molar-refractivity contribution in [2.75, 3.05) is 40.0 Å². The fraction of sp³-hybridized carbons (Fsp3) is 0.444. The van der Waals surface area contributed by atoms with Crippen molar-refractivity contribution in [1.29, 1.82) is 0 Å². The minimum atomic E-state index is -0.345. The van der Waals surface area contributed by atoms with Crippen LogP contribution in [0.25, 0.3) is 0 Å². The summed E-state index contributed by atoms with van der Waals surface area (Å²) in [6, 6.07) is 10.00. The number of morpholine rings is 1. The molecule has 1 aliphatic rings. The molecule has 0 amide bonds. The van der Waals surface area contributed by atoms with Gasteiger partial charge in [-0.25, -0.2) is 0 Å². The molecule has 2 aromatic rings. The molecule has 0 bridgehead atoms. The summed E-state index contributed by atoms with van der Waals surface area (Å²) in [7, 11) is 1.66. The molecular formula is C18H23N3O4S. The Bertz CT molecular complexity index is 713. The summed E-state index contributed by atoms with van der Waals surface area (Å²) in [5.74, 6) is 0.841. The highest BCUT2D eigenvalue weighted by atomic mass is 32.1. The van der Waals surface area contributed by atoms with Crippen LogP contribution in [-0.2, 0) is 11.3 Å². The predicted molar refractivity (Wildman–Crippen MR) is 101 cm³/mol. The lowest BCUT2D eigenvalue weighted by Crippen LogP contribution is -2.42. The van der Waals surface area contributed by atoms with Crippen LogP contribution in [-0.4, -0.2) is 49.8 Å². The number of hydrogen-bond donors (Lipinski definition) is 1. The highest BCUT2D eigenvalue weighted by molar-refractivity contribution is 7.13. The molecule has 1 aromatic carbocycles. The summed E-state index contributed by atoms with van der Waals surface area (Å²) < 4.78 is 10.7. The standard InChI is InChI=1S/C18H23N3O4S/c1-24-16-4-2-15(3-5-16)17(20-6-8-25-9-7-20)12-19-11-14-10-18(21(22)23)26-13-14/h2-5,10,13,17,19H,6-9,11-12H2,1H3. The average molecular weight is 377 g/mol. The van der Waals surface area contributed by atoms with Crippen LogP contribution in [0.5, 0.6) is 5.75 Å². The lowest BCUT2D eigenvalue weighted by Gasteiger charge is -2.35. The first-order valence-corrected chi connectivity index (χ1v) is 9.43. The van der Waals surface area contributed by atoms with Crippen molar-refractivity contribution in [3.05, 3.63) is 57.0 Å². The van der Waals surface area contributed by atoms with E-state index in [-0.39, 0.29) is 16.0 Å². The Labute approximate surface area is 156 Å². The first kappa shape index (κ1) is 18.8. The van der Waals surface area contributed by atoms with E-state index in [9.17, 15) is 10.1 Å². The zero-order valence-electron chi connectivity index (χ0n) is 14.7. The number of ether oxygens (including phenoxy) is 2. The van der Waals surface area contributed by atoms with E-state index in [0.29, 0.717) is 6.54 Å². The van der Waals surface area contributed by atoms with Crippen molar-refractivity contribution in [2.24, 2.45) is 0 Å². The summed E-state index contributed by atoms with van der Waals surface area (Å²) >= 11 is 1.17. The topological polar surface area (TPSA) is 76.9 Å². The zero-order chi connectivity index (χ0) is 18.4. The Balaban J connectivity index is 1.65. The lowest BCUT2D eigenvalue weighted by molar-refractivity contribution is -0.380. The molecule has 1 fully saturated rings. The summed E-state index contributed by atoms with van der Waals surface area (Å²) in [5, 5.41) is 16.3. The van der Waals surface area contributed by atoms with Gasteiger partial charge in [0.2, 0.25) is 0 Å². The van der Waals surface area contributed by atoms with Gasteiger partial charge in [-0.3, -0.25) is 15.0 Å². The molecule has 1 aliphatic heterocycles. The minimum Gasteiger partial charge on any atom is -0.497 e. The molecular weight excluding hydrogens is 354 g/mol. The van der Waals surface area contributed by atoms with Gasteiger partial charge >= 0.3 is 5.00 Å². The van der Waals surface area contributed by atoms with Crippen molar-refractivity contribution >= 4 is 16.3 Å². The lowest BCUT2D eigenvalue weighted by atomic mass is 10.0. The van der Waals surface area contributed by atoms with Gasteiger partial charge in [0.15, 0.2) is 0 Å². The Morgan fingerprint density at radius 3 is 2.69 bits per heavy atom. The first-order valence-electron chi connectivity index (χ1n) is 8.55. The Hall–Kier alpha value is -2.00. The highest BCUT2D eigenvalue weighted by Gasteiger charge is 2.22. The monoisotopic (exact) mass is 377 g/mol.